The fraction of sp³-hybridized carbons (Fsp3) is 0.455. The van der Waals surface area contributed by atoms with Gasteiger partial charge in [-0.25, -0.2) is 0 Å². The van der Waals surface area contributed by atoms with E-state index in [1.165, 1.54) is 5.56 Å². The summed E-state index contributed by atoms with van der Waals surface area (Å²) in [5.74, 6) is 0.300. The van der Waals surface area contributed by atoms with Crippen LogP contribution in [0.5, 0.6) is 0 Å². The van der Waals surface area contributed by atoms with E-state index < -0.39 is 0 Å². The maximum Gasteiger partial charge on any atom is 0.139 e. The fourth-order valence-electron chi connectivity index (χ4n) is 1.34. The predicted octanol–water partition coefficient (Wildman–Crippen LogP) is 1.09. The van der Waals surface area contributed by atoms with E-state index in [2.05, 4.69) is 15.5 Å². The van der Waals surface area contributed by atoms with Gasteiger partial charge in [0.15, 0.2) is 0 Å². The molecule has 0 spiro atoms. The molecule has 0 aliphatic rings. The van der Waals surface area contributed by atoms with Crippen LogP contribution < -0.4 is 11.1 Å². The number of nitrogens with one attached hydrogen (secondary N) is 1. The predicted molar refractivity (Wildman–Crippen MR) is 63.2 cm³/mol. The van der Waals surface area contributed by atoms with Crippen molar-refractivity contribution < 1.29 is 5.21 Å². The first-order valence-electron chi connectivity index (χ1n) is 5.39. The summed E-state index contributed by atoms with van der Waals surface area (Å²) >= 11 is 0. The van der Waals surface area contributed by atoms with Gasteiger partial charge >= 0.3 is 0 Å². The molecular weight excluding hydrogens is 204 g/mol. The molecule has 4 N–H and O–H groups in total. The monoisotopic (exact) mass is 222 g/mol. The van der Waals surface area contributed by atoms with Crippen LogP contribution in [0.4, 0.5) is 0 Å². The zero-order chi connectivity index (χ0) is 11.6. The van der Waals surface area contributed by atoms with Crippen LogP contribution in [0.2, 0.25) is 0 Å². The van der Waals surface area contributed by atoms with Gasteiger partial charge in [-0.2, -0.15) is 0 Å². The highest BCUT2D eigenvalue weighted by Crippen LogP contribution is 1.97. The molecule has 0 unspecified atom stereocenters. The third-order valence-electron chi connectivity index (χ3n) is 2.24. The van der Waals surface area contributed by atoms with Gasteiger partial charge in [0.25, 0.3) is 0 Å². The summed E-state index contributed by atoms with van der Waals surface area (Å²) in [5.41, 5.74) is 6.58. The third kappa shape index (κ3) is 5.31. The molecule has 5 nitrogen and oxygen atoms in total. The van der Waals surface area contributed by atoms with E-state index in [1.54, 1.807) is 12.4 Å². The molecule has 1 aromatic heterocycles. The van der Waals surface area contributed by atoms with Gasteiger partial charge in [0.1, 0.15) is 5.84 Å². The number of pyridine rings is 1. The number of rotatable bonds is 7. The molecule has 88 valence electrons. The molecule has 0 saturated heterocycles. The van der Waals surface area contributed by atoms with Gasteiger partial charge in [-0.15, -0.1) is 0 Å². The van der Waals surface area contributed by atoms with Gasteiger partial charge in [-0.1, -0.05) is 5.16 Å². The van der Waals surface area contributed by atoms with Gasteiger partial charge < -0.3 is 16.3 Å². The fourth-order valence-corrected chi connectivity index (χ4v) is 1.34. The van der Waals surface area contributed by atoms with E-state index in [4.69, 9.17) is 10.9 Å². The Morgan fingerprint density at radius 2 is 2.12 bits per heavy atom. The van der Waals surface area contributed by atoms with Crippen molar-refractivity contribution in [1.29, 1.82) is 0 Å². The Labute approximate surface area is 95.4 Å². The van der Waals surface area contributed by atoms with Crippen molar-refractivity contribution in [1.82, 2.24) is 10.3 Å². The second-order valence-electron chi connectivity index (χ2n) is 3.58. The van der Waals surface area contributed by atoms with E-state index in [9.17, 15) is 0 Å². The second kappa shape index (κ2) is 7.64. The van der Waals surface area contributed by atoms with E-state index in [0.717, 1.165) is 25.9 Å². The molecule has 0 aromatic carbocycles. The first-order valence-corrected chi connectivity index (χ1v) is 5.39. The molecule has 1 rings (SSSR count). The molecule has 0 saturated carbocycles. The molecule has 16 heavy (non-hydrogen) atoms. The van der Waals surface area contributed by atoms with Crippen LogP contribution >= 0.6 is 0 Å². The summed E-state index contributed by atoms with van der Waals surface area (Å²) in [6.07, 6.45) is 6.17. The quantitative estimate of drug-likeness (QED) is 0.212. The Morgan fingerprint density at radius 1 is 1.38 bits per heavy atom. The Hall–Kier alpha value is -1.62. The van der Waals surface area contributed by atoms with Crippen molar-refractivity contribution in [3.05, 3.63) is 30.1 Å². The van der Waals surface area contributed by atoms with Crippen molar-refractivity contribution in [2.24, 2.45) is 10.9 Å². The van der Waals surface area contributed by atoms with E-state index in [-0.39, 0.29) is 0 Å². The average Bonchev–Trinajstić information content (AvgIpc) is 2.34. The van der Waals surface area contributed by atoms with Crippen LogP contribution in [-0.2, 0) is 6.54 Å². The minimum atomic E-state index is 0.300. The summed E-state index contributed by atoms with van der Waals surface area (Å²) in [5, 5.41) is 14.6. The number of unbranched alkanes of at least 4 members (excludes halogenated alkanes) is 1. The van der Waals surface area contributed by atoms with E-state index in [1.807, 2.05) is 12.1 Å². The minimum absolute atomic E-state index is 0.300. The molecule has 1 aromatic rings. The molecule has 1 heterocycles. The topological polar surface area (TPSA) is 83.5 Å². The standard InChI is InChI=1S/C11H18N4O/c12-11(15-16)3-1-2-6-14-9-10-4-7-13-8-5-10/h4-5,7-8,14,16H,1-3,6,9H2,(H2,12,15). The Bertz CT molecular complexity index is 313. The van der Waals surface area contributed by atoms with Crippen LogP contribution in [0.3, 0.4) is 0 Å². The molecule has 0 atom stereocenters. The molecular formula is C11H18N4O. The second-order valence-corrected chi connectivity index (χ2v) is 3.58. The summed E-state index contributed by atoms with van der Waals surface area (Å²) in [4.78, 5) is 3.95. The van der Waals surface area contributed by atoms with Gasteiger partial charge in [-0.05, 0) is 37.1 Å². The van der Waals surface area contributed by atoms with Crippen molar-refractivity contribution in [2.45, 2.75) is 25.8 Å². The number of aromatic nitrogens is 1. The highest BCUT2D eigenvalue weighted by atomic mass is 16.4. The number of hydrogen-bond donors (Lipinski definition) is 3. The van der Waals surface area contributed by atoms with Crippen molar-refractivity contribution >= 4 is 5.84 Å². The maximum absolute atomic E-state index is 8.33. The first kappa shape index (κ1) is 12.4. The van der Waals surface area contributed by atoms with Crippen LogP contribution in [-0.4, -0.2) is 22.6 Å². The Balaban J connectivity index is 2.01. The van der Waals surface area contributed by atoms with Gasteiger partial charge in [0, 0.05) is 25.4 Å². The minimum Gasteiger partial charge on any atom is -0.409 e. The number of nitrogens with two attached hydrogens (primary N) is 1. The largest absolute Gasteiger partial charge is 0.409 e. The lowest BCUT2D eigenvalue weighted by Crippen LogP contribution is -2.16. The maximum atomic E-state index is 8.33. The summed E-state index contributed by atoms with van der Waals surface area (Å²) in [6.45, 7) is 1.78. The number of amidine groups is 1. The number of oxime groups is 1. The third-order valence-corrected chi connectivity index (χ3v) is 2.24. The summed E-state index contributed by atoms with van der Waals surface area (Å²) < 4.78 is 0. The van der Waals surface area contributed by atoms with Gasteiger partial charge in [-0.3, -0.25) is 4.98 Å². The van der Waals surface area contributed by atoms with Crippen LogP contribution in [0, 0.1) is 0 Å². The molecule has 0 bridgehead atoms. The normalized spacial score (nSPS) is 11.6. The van der Waals surface area contributed by atoms with Gasteiger partial charge in [0.2, 0.25) is 0 Å². The first-order chi connectivity index (χ1) is 7.83. The summed E-state index contributed by atoms with van der Waals surface area (Å²) in [7, 11) is 0. The number of hydrogen-bond acceptors (Lipinski definition) is 4. The SMILES string of the molecule is NC(CCCCNCc1ccncc1)=NO. The molecule has 0 radical (unpaired) electrons. The van der Waals surface area contributed by atoms with Gasteiger partial charge in [0.05, 0.1) is 0 Å². The molecule has 0 amide bonds. The number of nitrogens with zero attached hydrogens (tertiary/aromatic N) is 2. The lowest BCUT2D eigenvalue weighted by molar-refractivity contribution is 0.316. The molecule has 5 heteroatoms. The Kier molecular flexibility index (Phi) is 5.95. The highest BCUT2D eigenvalue weighted by Gasteiger charge is 1.94. The zero-order valence-electron chi connectivity index (χ0n) is 9.26. The smallest absolute Gasteiger partial charge is 0.139 e. The van der Waals surface area contributed by atoms with Crippen LogP contribution in [0.15, 0.2) is 29.7 Å². The summed E-state index contributed by atoms with van der Waals surface area (Å²) in [6, 6.07) is 3.98. The Morgan fingerprint density at radius 3 is 2.81 bits per heavy atom. The lowest BCUT2D eigenvalue weighted by atomic mass is 10.2. The van der Waals surface area contributed by atoms with E-state index >= 15 is 0 Å². The molecule has 0 fully saturated rings. The van der Waals surface area contributed by atoms with Crippen LogP contribution in [0.25, 0.3) is 0 Å². The molecule has 0 aliphatic carbocycles. The zero-order valence-corrected chi connectivity index (χ0v) is 9.26. The molecule has 0 aliphatic heterocycles. The van der Waals surface area contributed by atoms with Crippen molar-refractivity contribution in [2.75, 3.05) is 6.54 Å². The average molecular weight is 222 g/mol. The van der Waals surface area contributed by atoms with Crippen LogP contribution in [0.1, 0.15) is 24.8 Å². The lowest BCUT2D eigenvalue weighted by Gasteiger charge is -2.04. The highest BCUT2D eigenvalue weighted by molar-refractivity contribution is 5.79. The van der Waals surface area contributed by atoms with E-state index in [0.29, 0.717) is 12.3 Å². The van der Waals surface area contributed by atoms with Crippen molar-refractivity contribution in [3.63, 3.8) is 0 Å². The van der Waals surface area contributed by atoms with Crippen molar-refractivity contribution in [3.8, 4) is 0 Å².